The van der Waals surface area contributed by atoms with Crippen molar-refractivity contribution < 1.29 is 0 Å². The second-order valence-electron chi connectivity index (χ2n) is 2.76. The first-order valence-corrected chi connectivity index (χ1v) is 4.79. The van der Waals surface area contributed by atoms with Crippen molar-refractivity contribution in [2.75, 3.05) is 0 Å². The molecule has 0 amide bonds. The summed E-state index contributed by atoms with van der Waals surface area (Å²) in [6.45, 7) is 6.50. The average molecular weight is 193 g/mol. The number of rotatable bonds is 2. The van der Waals surface area contributed by atoms with Crippen LogP contribution in [0.25, 0.3) is 0 Å². The molecule has 3 heteroatoms. The van der Waals surface area contributed by atoms with Gasteiger partial charge in [0.15, 0.2) is 0 Å². The van der Waals surface area contributed by atoms with Crippen molar-refractivity contribution in [3.63, 3.8) is 0 Å². The second-order valence-corrected chi connectivity index (χ2v) is 2.76. The first-order chi connectivity index (χ1) is 6.65. The Labute approximate surface area is 85.6 Å². The molecule has 0 radical (unpaired) electrons. The van der Waals surface area contributed by atoms with E-state index in [2.05, 4.69) is 0 Å². The number of nitrogen functional groups attached to an aromatic ring is 1. The molecule has 5 N–H and O–H groups in total. The molecule has 1 aromatic carbocycles. The number of aryl methyl sites for hydroxylation is 1. The molecule has 0 saturated carbocycles. The SMILES string of the molecule is CC.Cc1cc(C(=N)N)ccc1CN. The van der Waals surface area contributed by atoms with Crippen molar-refractivity contribution in [1.29, 1.82) is 5.41 Å². The summed E-state index contributed by atoms with van der Waals surface area (Å²) in [7, 11) is 0. The van der Waals surface area contributed by atoms with Crippen LogP contribution in [0.5, 0.6) is 0 Å². The van der Waals surface area contributed by atoms with E-state index in [1.165, 1.54) is 0 Å². The van der Waals surface area contributed by atoms with E-state index < -0.39 is 0 Å². The highest BCUT2D eigenvalue weighted by molar-refractivity contribution is 5.95. The Morgan fingerprint density at radius 1 is 1.36 bits per heavy atom. The molecular weight excluding hydrogens is 174 g/mol. The van der Waals surface area contributed by atoms with Crippen LogP contribution in [0, 0.1) is 12.3 Å². The van der Waals surface area contributed by atoms with Crippen molar-refractivity contribution in [2.24, 2.45) is 11.5 Å². The lowest BCUT2D eigenvalue weighted by Crippen LogP contribution is -2.11. The van der Waals surface area contributed by atoms with Gasteiger partial charge in [-0.2, -0.15) is 0 Å². The minimum atomic E-state index is 0.0988. The minimum Gasteiger partial charge on any atom is -0.384 e. The molecule has 0 fully saturated rings. The van der Waals surface area contributed by atoms with Crippen LogP contribution in [-0.2, 0) is 6.54 Å². The molecule has 78 valence electrons. The van der Waals surface area contributed by atoms with Crippen LogP contribution in [-0.4, -0.2) is 5.84 Å². The van der Waals surface area contributed by atoms with Crippen LogP contribution in [0.1, 0.15) is 30.5 Å². The van der Waals surface area contributed by atoms with Gasteiger partial charge in [-0.3, -0.25) is 5.41 Å². The quantitative estimate of drug-likeness (QED) is 0.494. The summed E-state index contributed by atoms with van der Waals surface area (Å²) in [4.78, 5) is 0. The topological polar surface area (TPSA) is 75.9 Å². The van der Waals surface area contributed by atoms with E-state index in [4.69, 9.17) is 16.9 Å². The minimum absolute atomic E-state index is 0.0988. The Morgan fingerprint density at radius 3 is 2.29 bits per heavy atom. The summed E-state index contributed by atoms with van der Waals surface area (Å²) in [5.74, 6) is 0.0988. The summed E-state index contributed by atoms with van der Waals surface area (Å²) in [5.41, 5.74) is 13.8. The fraction of sp³-hybridized carbons (Fsp3) is 0.364. The van der Waals surface area contributed by atoms with Gasteiger partial charge in [0.05, 0.1) is 0 Å². The summed E-state index contributed by atoms with van der Waals surface area (Å²) in [6, 6.07) is 5.61. The molecule has 0 unspecified atom stereocenters. The van der Waals surface area contributed by atoms with Gasteiger partial charge < -0.3 is 11.5 Å². The predicted octanol–water partition coefficient (Wildman–Crippen LogP) is 1.76. The van der Waals surface area contributed by atoms with Crippen LogP contribution in [0.15, 0.2) is 18.2 Å². The van der Waals surface area contributed by atoms with Gasteiger partial charge in [0.2, 0.25) is 0 Å². The normalized spacial score (nSPS) is 8.86. The number of nitrogens with two attached hydrogens (primary N) is 2. The molecular formula is C11H19N3. The van der Waals surface area contributed by atoms with Gasteiger partial charge in [-0.1, -0.05) is 26.0 Å². The van der Waals surface area contributed by atoms with E-state index in [1.54, 1.807) is 0 Å². The monoisotopic (exact) mass is 193 g/mol. The fourth-order valence-corrected chi connectivity index (χ4v) is 1.09. The maximum Gasteiger partial charge on any atom is 0.122 e. The van der Waals surface area contributed by atoms with Crippen LogP contribution >= 0.6 is 0 Å². The molecule has 3 nitrogen and oxygen atoms in total. The van der Waals surface area contributed by atoms with Gasteiger partial charge >= 0.3 is 0 Å². The molecule has 0 aliphatic rings. The molecule has 0 saturated heterocycles. The molecule has 0 spiro atoms. The zero-order valence-electron chi connectivity index (χ0n) is 9.09. The lowest BCUT2D eigenvalue weighted by Gasteiger charge is -2.04. The highest BCUT2D eigenvalue weighted by Crippen LogP contribution is 2.09. The van der Waals surface area contributed by atoms with Crippen molar-refractivity contribution >= 4 is 5.84 Å². The number of nitrogens with one attached hydrogen (secondary N) is 1. The Bertz CT molecular complexity index is 305. The van der Waals surface area contributed by atoms with E-state index in [0.29, 0.717) is 6.54 Å². The molecule has 0 aliphatic carbocycles. The van der Waals surface area contributed by atoms with E-state index >= 15 is 0 Å². The molecule has 0 aromatic heterocycles. The zero-order chi connectivity index (χ0) is 11.1. The van der Waals surface area contributed by atoms with Crippen molar-refractivity contribution in [1.82, 2.24) is 0 Å². The number of benzene rings is 1. The van der Waals surface area contributed by atoms with Gasteiger partial charge in [0.25, 0.3) is 0 Å². The van der Waals surface area contributed by atoms with E-state index in [-0.39, 0.29) is 5.84 Å². The molecule has 14 heavy (non-hydrogen) atoms. The largest absolute Gasteiger partial charge is 0.384 e. The summed E-state index contributed by atoms with van der Waals surface area (Å²) in [5, 5.41) is 7.21. The molecule has 0 bridgehead atoms. The van der Waals surface area contributed by atoms with E-state index in [9.17, 15) is 0 Å². The van der Waals surface area contributed by atoms with Gasteiger partial charge in [-0.05, 0) is 24.1 Å². The molecule has 1 aromatic rings. The summed E-state index contributed by atoms with van der Waals surface area (Å²) < 4.78 is 0. The molecule has 0 heterocycles. The van der Waals surface area contributed by atoms with Crippen molar-refractivity contribution in [3.8, 4) is 0 Å². The number of hydrogen-bond donors (Lipinski definition) is 3. The lowest BCUT2D eigenvalue weighted by atomic mass is 10.0. The third kappa shape index (κ3) is 3.18. The van der Waals surface area contributed by atoms with Crippen LogP contribution in [0.2, 0.25) is 0 Å². The zero-order valence-corrected chi connectivity index (χ0v) is 9.09. The van der Waals surface area contributed by atoms with E-state index in [0.717, 1.165) is 16.7 Å². The molecule has 0 aliphatic heterocycles. The third-order valence-electron chi connectivity index (χ3n) is 1.87. The molecule has 0 atom stereocenters. The lowest BCUT2D eigenvalue weighted by molar-refractivity contribution is 1.05. The van der Waals surface area contributed by atoms with Gasteiger partial charge in [0, 0.05) is 12.1 Å². The first kappa shape index (κ1) is 12.7. The first-order valence-electron chi connectivity index (χ1n) is 4.79. The van der Waals surface area contributed by atoms with Gasteiger partial charge in [0.1, 0.15) is 5.84 Å². The molecule has 1 rings (SSSR count). The number of amidine groups is 1. The highest BCUT2D eigenvalue weighted by Gasteiger charge is 1.99. The smallest absolute Gasteiger partial charge is 0.122 e. The second kappa shape index (κ2) is 6.16. The van der Waals surface area contributed by atoms with Crippen molar-refractivity contribution in [2.45, 2.75) is 27.3 Å². The average Bonchev–Trinajstić information content (AvgIpc) is 2.20. The van der Waals surface area contributed by atoms with E-state index in [1.807, 2.05) is 39.0 Å². The predicted molar refractivity (Wildman–Crippen MR) is 61.4 cm³/mol. The van der Waals surface area contributed by atoms with Crippen molar-refractivity contribution in [3.05, 3.63) is 34.9 Å². The Morgan fingerprint density at radius 2 is 1.93 bits per heavy atom. The maximum atomic E-state index is 7.21. The Hall–Kier alpha value is -1.35. The Balaban J connectivity index is 0.000000791. The summed E-state index contributed by atoms with van der Waals surface area (Å²) >= 11 is 0. The van der Waals surface area contributed by atoms with Crippen LogP contribution in [0.4, 0.5) is 0 Å². The standard InChI is InChI=1S/C9H13N3.C2H6/c1-6-4-7(9(11)12)2-3-8(6)5-10;1-2/h2-4H,5,10H2,1H3,(H3,11,12);1-2H3. The van der Waals surface area contributed by atoms with Gasteiger partial charge in [-0.15, -0.1) is 0 Å². The highest BCUT2D eigenvalue weighted by atomic mass is 14.7. The summed E-state index contributed by atoms with van der Waals surface area (Å²) in [6.07, 6.45) is 0. The maximum absolute atomic E-state index is 7.21. The fourth-order valence-electron chi connectivity index (χ4n) is 1.09. The third-order valence-corrected chi connectivity index (χ3v) is 1.87. The van der Waals surface area contributed by atoms with Crippen LogP contribution in [0.3, 0.4) is 0 Å². The Kier molecular flexibility index (Phi) is 5.56. The van der Waals surface area contributed by atoms with Gasteiger partial charge in [-0.25, -0.2) is 0 Å². The van der Waals surface area contributed by atoms with Crippen LogP contribution < -0.4 is 11.5 Å². The number of hydrogen-bond acceptors (Lipinski definition) is 2.